The second-order valence-electron chi connectivity index (χ2n) is 3.25. The van der Waals surface area contributed by atoms with Crippen LogP contribution in [0, 0.1) is 0 Å². The van der Waals surface area contributed by atoms with Crippen molar-refractivity contribution in [1.82, 2.24) is 0 Å². The van der Waals surface area contributed by atoms with Crippen LogP contribution in [-0.2, 0) is 4.74 Å². The lowest BCUT2D eigenvalue weighted by Gasteiger charge is -2.08. The Morgan fingerprint density at radius 2 is 1.93 bits per heavy atom. The van der Waals surface area contributed by atoms with Gasteiger partial charge in [-0.05, 0) is 30.2 Å². The first-order chi connectivity index (χ1) is 6.69. The predicted octanol–water partition coefficient (Wildman–Crippen LogP) is 1.96. The first kappa shape index (κ1) is 13.9. The van der Waals surface area contributed by atoms with Crippen LogP contribution in [0.25, 0.3) is 0 Å². The number of hydrogen-bond donors (Lipinski definition) is 1. The fourth-order valence-electron chi connectivity index (χ4n) is 1.20. The number of halogens is 1. The molecule has 0 aliphatic heterocycles. The number of carbonyl (C=O) groups excluding carboxylic acids is 1. The van der Waals surface area contributed by atoms with E-state index in [1.54, 1.807) is 12.1 Å². The quantitative estimate of drug-likeness (QED) is 0.807. The highest BCUT2D eigenvalue weighted by Gasteiger charge is 2.06. The second-order valence-corrected chi connectivity index (χ2v) is 3.25. The van der Waals surface area contributed by atoms with Crippen molar-refractivity contribution in [2.45, 2.75) is 12.8 Å². The zero-order valence-electron chi connectivity index (χ0n) is 8.90. The number of hydrogen-bond acceptors (Lipinski definition) is 3. The number of methoxy groups -OCH3 is 1. The molecule has 0 heterocycles. The van der Waals surface area contributed by atoms with Crippen LogP contribution < -0.4 is 5.73 Å². The molecule has 0 aromatic heterocycles. The van der Waals surface area contributed by atoms with Gasteiger partial charge in [-0.25, -0.2) is 4.79 Å². The molecule has 84 valence electrons. The van der Waals surface area contributed by atoms with E-state index in [0.29, 0.717) is 18.0 Å². The topological polar surface area (TPSA) is 52.3 Å². The number of nitrogens with two attached hydrogens (primary N) is 1. The molecular weight excluding hydrogens is 214 g/mol. The fraction of sp³-hybridized carbons (Fsp3) is 0.364. The van der Waals surface area contributed by atoms with Gasteiger partial charge in [-0.2, -0.15) is 0 Å². The van der Waals surface area contributed by atoms with Gasteiger partial charge in [0.2, 0.25) is 0 Å². The molecule has 0 spiro atoms. The third-order valence-electron chi connectivity index (χ3n) is 2.25. The molecule has 1 aromatic carbocycles. The van der Waals surface area contributed by atoms with Crippen molar-refractivity contribution < 1.29 is 9.53 Å². The Morgan fingerprint density at radius 3 is 2.33 bits per heavy atom. The molecule has 0 aliphatic carbocycles. The molecule has 0 aliphatic rings. The van der Waals surface area contributed by atoms with Crippen LogP contribution in [0.15, 0.2) is 24.3 Å². The number of carbonyl (C=O) groups is 1. The van der Waals surface area contributed by atoms with Crippen molar-refractivity contribution in [2.75, 3.05) is 13.7 Å². The highest BCUT2D eigenvalue weighted by Crippen LogP contribution is 2.14. The lowest BCUT2D eigenvalue weighted by atomic mass is 10.0. The van der Waals surface area contributed by atoms with Gasteiger partial charge >= 0.3 is 5.97 Å². The minimum Gasteiger partial charge on any atom is -0.465 e. The zero-order chi connectivity index (χ0) is 10.6. The summed E-state index contributed by atoms with van der Waals surface area (Å²) < 4.78 is 4.60. The Hall–Kier alpha value is -1.06. The van der Waals surface area contributed by atoms with Gasteiger partial charge in [-0.15, -0.1) is 12.4 Å². The molecule has 0 saturated heterocycles. The van der Waals surface area contributed by atoms with Gasteiger partial charge in [-0.1, -0.05) is 19.1 Å². The molecule has 0 bridgehead atoms. The van der Waals surface area contributed by atoms with E-state index >= 15 is 0 Å². The summed E-state index contributed by atoms with van der Waals surface area (Å²) in [6.45, 7) is 2.66. The molecule has 1 atom stereocenters. The van der Waals surface area contributed by atoms with Gasteiger partial charge in [-0.3, -0.25) is 0 Å². The molecule has 3 nitrogen and oxygen atoms in total. The van der Waals surface area contributed by atoms with Gasteiger partial charge in [0, 0.05) is 0 Å². The monoisotopic (exact) mass is 229 g/mol. The number of benzene rings is 1. The Labute approximate surface area is 96.0 Å². The van der Waals surface area contributed by atoms with E-state index in [4.69, 9.17) is 5.73 Å². The lowest BCUT2D eigenvalue weighted by Crippen LogP contribution is -2.09. The van der Waals surface area contributed by atoms with Crippen LogP contribution in [0.2, 0.25) is 0 Å². The lowest BCUT2D eigenvalue weighted by molar-refractivity contribution is 0.0600. The Morgan fingerprint density at radius 1 is 1.40 bits per heavy atom. The van der Waals surface area contributed by atoms with E-state index in [9.17, 15) is 4.79 Å². The minimum absolute atomic E-state index is 0. The number of rotatable bonds is 3. The molecule has 1 unspecified atom stereocenters. The smallest absolute Gasteiger partial charge is 0.337 e. The van der Waals surface area contributed by atoms with Gasteiger partial charge in [0.15, 0.2) is 0 Å². The summed E-state index contributed by atoms with van der Waals surface area (Å²) in [4.78, 5) is 11.1. The summed E-state index contributed by atoms with van der Waals surface area (Å²) >= 11 is 0. The first-order valence-electron chi connectivity index (χ1n) is 4.57. The average Bonchev–Trinajstić information content (AvgIpc) is 2.27. The van der Waals surface area contributed by atoms with Crippen LogP contribution in [0.5, 0.6) is 0 Å². The van der Waals surface area contributed by atoms with Crippen molar-refractivity contribution in [2.24, 2.45) is 5.73 Å². The van der Waals surface area contributed by atoms with Crippen LogP contribution in [0.3, 0.4) is 0 Å². The predicted molar refractivity (Wildman–Crippen MR) is 62.5 cm³/mol. The Kier molecular flexibility index (Phi) is 5.97. The van der Waals surface area contributed by atoms with E-state index in [2.05, 4.69) is 4.74 Å². The Balaban J connectivity index is 0.00000196. The molecule has 4 heteroatoms. The fourth-order valence-corrected chi connectivity index (χ4v) is 1.20. The van der Waals surface area contributed by atoms with Crippen molar-refractivity contribution in [3.63, 3.8) is 0 Å². The molecule has 15 heavy (non-hydrogen) atoms. The maximum absolute atomic E-state index is 11.1. The van der Waals surface area contributed by atoms with Gasteiger partial charge in [0.25, 0.3) is 0 Å². The van der Waals surface area contributed by atoms with Crippen LogP contribution in [-0.4, -0.2) is 19.6 Å². The second kappa shape index (κ2) is 6.43. The standard InChI is InChI=1S/C11H15NO2.ClH/c1-8(7-12)9-3-5-10(6-4-9)11(13)14-2;/h3-6,8H,7,12H2,1-2H3;1H. The summed E-state index contributed by atoms with van der Waals surface area (Å²) in [6.07, 6.45) is 0. The molecule has 2 N–H and O–H groups in total. The van der Waals surface area contributed by atoms with Crippen molar-refractivity contribution in [3.05, 3.63) is 35.4 Å². The SMILES string of the molecule is COC(=O)c1ccc(C(C)CN)cc1.Cl. The van der Waals surface area contributed by atoms with Crippen LogP contribution in [0.1, 0.15) is 28.8 Å². The van der Waals surface area contributed by atoms with E-state index in [1.807, 2.05) is 19.1 Å². The zero-order valence-corrected chi connectivity index (χ0v) is 9.71. The number of esters is 1. The molecule has 1 aromatic rings. The average molecular weight is 230 g/mol. The molecule has 0 amide bonds. The normalized spacial score (nSPS) is 11.4. The largest absolute Gasteiger partial charge is 0.465 e. The van der Waals surface area contributed by atoms with Gasteiger partial charge < -0.3 is 10.5 Å². The third-order valence-corrected chi connectivity index (χ3v) is 2.25. The van der Waals surface area contributed by atoms with Crippen LogP contribution in [0.4, 0.5) is 0 Å². The molecule has 0 saturated carbocycles. The van der Waals surface area contributed by atoms with Crippen molar-refractivity contribution >= 4 is 18.4 Å². The highest BCUT2D eigenvalue weighted by molar-refractivity contribution is 5.89. The molecular formula is C11H16ClNO2. The summed E-state index contributed by atoms with van der Waals surface area (Å²) in [7, 11) is 1.37. The Bertz CT molecular complexity index is 311. The number of ether oxygens (including phenoxy) is 1. The van der Waals surface area contributed by atoms with E-state index < -0.39 is 0 Å². The minimum atomic E-state index is -0.308. The van der Waals surface area contributed by atoms with Gasteiger partial charge in [0.1, 0.15) is 0 Å². The van der Waals surface area contributed by atoms with E-state index in [0.717, 1.165) is 5.56 Å². The summed E-state index contributed by atoms with van der Waals surface area (Å²) in [5.41, 5.74) is 7.25. The molecule has 0 fully saturated rings. The van der Waals surface area contributed by atoms with Crippen molar-refractivity contribution in [3.8, 4) is 0 Å². The summed E-state index contributed by atoms with van der Waals surface area (Å²) in [5.74, 6) is 0.0126. The van der Waals surface area contributed by atoms with E-state index in [1.165, 1.54) is 7.11 Å². The molecule has 1 rings (SSSR count). The van der Waals surface area contributed by atoms with Crippen molar-refractivity contribution in [1.29, 1.82) is 0 Å². The first-order valence-corrected chi connectivity index (χ1v) is 4.57. The molecule has 0 radical (unpaired) electrons. The van der Waals surface area contributed by atoms with Gasteiger partial charge in [0.05, 0.1) is 12.7 Å². The highest BCUT2D eigenvalue weighted by atomic mass is 35.5. The maximum Gasteiger partial charge on any atom is 0.337 e. The van der Waals surface area contributed by atoms with Crippen LogP contribution >= 0.6 is 12.4 Å². The maximum atomic E-state index is 11.1. The summed E-state index contributed by atoms with van der Waals surface area (Å²) in [6, 6.07) is 7.33. The third kappa shape index (κ3) is 3.53. The summed E-state index contributed by atoms with van der Waals surface area (Å²) in [5, 5.41) is 0. The van der Waals surface area contributed by atoms with E-state index in [-0.39, 0.29) is 18.4 Å².